The highest BCUT2D eigenvalue weighted by Crippen LogP contribution is 2.54. The molecule has 3 N–H and O–H groups in total. The highest BCUT2D eigenvalue weighted by molar-refractivity contribution is 5.92. The summed E-state index contributed by atoms with van der Waals surface area (Å²) >= 11 is 0. The molecule has 0 aliphatic heterocycles. The van der Waals surface area contributed by atoms with E-state index in [0.717, 1.165) is 28.4 Å². The Labute approximate surface area is 566 Å². The van der Waals surface area contributed by atoms with Crippen molar-refractivity contribution in [1.29, 1.82) is 0 Å². The van der Waals surface area contributed by atoms with E-state index in [2.05, 4.69) is 356 Å². The second kappa shape index (κ2) is 24.0. The summed E-state index contributed by atoms with van der Waals surface area (Å²) in [5.41, 5.74) is 36.8. The van der Waals surface area contributed by atoms with Gasteiger partial charge in [0.15, 0.2) is 0 Å². The van der Waals surface area contributed by atoms with Crippen LogP contribution in [0.15, 0.2) is 297 Å². The van der Waals surface area contributed by atoms with E-state index in [9.17, 15) is 4.79 Å². The lowest BCUT2D eigenvalue weighted by atomic mass is 9.81. The highest BCUT2D eigenvalue weighted by atomic mass is 16.1. The molecule has 13 aromatic carbocycles. The average Bonchev–Trinajstić information content (AvgIpc) is 1.60. The first-order chi connectivity index (χ1) is 46.4. The molecule has 0 saturated carbocycles. The number of fused-ring (bicyclic) bond motifs is 12. The van der Waals surface area contributed by atoms with Crippen molar-refractivity contribution < 1.29 is 4.79 Å². The molecular weight excluding hydrogens is 1160 g/mol. The van der Waals surface area contributed by atoms with Crippen molar-refractivity contribution in [2.45, 2.75) is 84.0 Å². The molecule has 468 valence electrons. The maximum absolute atomic E-state index is 11.4. The van der Waals surface area contributed by atoms with Crippen molar-refractivity contribution >= 4 is 34.3 Å². The van der Waals surface area contributed by atoms with E-state index in [0.29, 0.717) is 0 Å². The van der Waals surface area contributed by atoms with E-state index in [1.165, 1.54) is 134 Å². The predicted molar refractivity (Wildman–Crippen MR) is 405 cm³/mol. The quantitative estimate of drug-likeness (QED) is 0.135. The first-order valence-corrected chi connectivity index (χ1v) is 33.7. The van der Waals surface area contributed by atoms with Crippen LogP contribution in [0.2, 0.25) is 0 Å². The molecule has 0 radical (unpaired) electrons. The highest BCUT2D eigenvalue weighted by Gasteiger charge is 2.39. The average molecular weight is 1240 g/mol. The Kier molecular flexibility index (Phi) is 15.3. The van der Waals surface area contributed by atoms with Crippen LogP contribution in [0.1, 0.15) is 107 Å². The predicted octanol–water partition coefficient (Wildman–Crippen LogP) is 24.4. The van der Waals surface area contributed by atoms with Crippen molar-refractivity contribution in [1.82, 2.24) is 0 Å². The minimum atomic E-state index is -0.0933. The Morgan fingerprint density at radius 1 is 0.219 bits per heavy atom. The number of carbonyl (C=O) groups is 1. The Morgan fingerprint density at radius 3 is 0.854 bits per heavy atom. The van der Waals surface area contributed by atoms with Crippen LogP contribution in [0.5, 0.6) is 0 Å². The summed E-state index contributed by atoms with van der Waals surface area (Å²) in [6.07, 6.45) is 0. The van der Waals surface area contributed by atoms with Crippen LogP contribution >= 0.6 is 0 Å². The number of nitrogens with one attached hydrogen (secondary N) is 3. The lowest BCUT2D eigenvalue weighted by Gasteiger charge is -2.23. The molecule has 4 aliphatic rings. The molecule has 0 saturated heterocycles. The van der Waals surface area contributed by atoms with Crippen molar-refractivity contribution in [3.63, 3.8) is 0 Å². The van der Waals surface area contributed by atoms with Crippen LogP contribution in [0.3, 0.4) is 0 Å². The van der Waals surface area contributed by atoms with Crippen LogP contribution in [-0.2, 0) is 26.5 Å². The minimum Gasteiger partial charge on any atom is -0.356 e. The van der Waals surface area contributed by atoms with E-state index >= 15 is 0 Å². The van der Waals surface area contributed by atoms with Gasteiger partial charge in [-0.1, -0.05) is 274 Å². The SMILES string of the molecule is CC(=O)Nc1ccc2c(c1)C(C)(C)c1cc(-c3ccccc3)ccc1-2.CC1(C)c2ccccc2-c2ccc(Nc3ccc(-c4cccc(-c5ccccc5)c4)cc3)cc21.CC1(C)c2ccccc2-c2ccc(Nc3ccc4c(c3)C(C)(C)c3cc(-c5ccccc5)ccc3-4)cc21. The van der Waals surface area contributed by atoms with Gasteiger partial charge in [0.1, 0.15) is 0 Å². The number of amides is 1. The molecule has 0 spiro atoms. The zero-order chi connectivity index (χ0) is 66.1. The second-order valence-corrected chi connectivity index (χ2v) is 28.3. The molecule has 4 aliphatic carbocycles. The Hall–Kier alpha value is -11.1. The van der Waals surface area contributed by atoms with Crippen LogP contribution in [-0.4, -0.2) is 5.91 Å². The lowest BCUT2D eigenvalue weighted by Crippen LogP contribution is -2.16. The fraction of sp³-hybridized carbons (Fsp3) is 0.141. The van der Waals surface area contributed by atoms with Gasteiger partial charge < -0.3 is 16.0 Å². The van der Waals surface area contributed by atoms with Crippen molar-refractivity contribution in [2.75, 3.05) is 16.0 Å². The summed E-state index contributed by atoms with van der Waals surface area (Å²) in [4.78, 5) is 11.4. The maximum atomic E-state index is 11.4. The fourth-order valence-corrected chi connectivity index (χ4v) is 15.6. The van der Waals surface area contributed by atoms with Gasteiger partial charge in [0.2, 0.25) is 5.91 Å². The van der Waals surface area contributed by atoms with Crippen molar-refractivity contribution in [3.05, 3.63) is 342 Å². The van der Waals surface area contributed by atoms with Gasteiger partial charge in [0.05, 0.1) is 0 Å². The van der Waals surface area contributed by atoms with E-state index in [1.807, 2.05) is 12.1 Å². The third-order valence-corrected chi connectivity index (χ3v) is 20.8. The zero-order valence-corrected chi connectivity index (χ0v) is 56.2. The summed E-state index contributed by atoms with van der Waals surface area (Å²) in [5.74, 6) is -0.0420. The monoisotopic (exact) mass is 1240 g/mol. The molecule has 4 nitrogen and oxygen atoms in total. The fourth-order valence-electron chi connectivity index (χ4n) is 15.6. The molecule has 0 unspecified atom stereocenters. The molecule has 96 heavy (non-hydrogen) atoms. The Balaban J connectivity index is 0.000000120. The summed E-state index contributed by atoms with van der Waals surface area (Å²) < 4.78 is 0. The molecule has 17 rings (SSSR count). The van der Waals surface area contributed by atoms with Crippen molar-refractivity contribution in [2.24, 2.45) is 0 Å². The Bertz CT molecular complexity index is 5150. The first-order valence-electron chi connectivity index (χ1n) is 33.7. The molecular formula is C92H79N3O. The molecule has 1 amide bonds. The van der Waals surface area contributed by atoms with Crippen molar-refractivity contribution in [3.8, 4) is 89.0 Å². The number of hydrogen-bond donors (Lipinski definition) is 3. The van der Waals surface area contributed by atoms with Gasteiger partial charge >= 0.3 is 0 Å². The van der Waals surface area contributed by atoms with Gasteiger partial charge in [0.25, 0.3) is 0 Å². The standard InChI is InChI=1S/C36H31N.C33H27N.C23H21NO/c1-35(2)31-13-9-8-12-27(31)29-18-15-25(21-33(29)35)37-26-16-19-30-28-17-14-24(23-10-6-5-7-11-23)20-32(28)36(3,4)34(30)22-26;1-33(2)31-14-7-6-13-29(31)30-20-19-28(22-32(30)33)34-27-17-15-24(16-18-27)26-12-8-11-25(21-26)23-9-4-3-5-10-23;1-15(25)24-18-10-12-20-19-11-9-17(16-7-5-4-6-8-16)13-21(19)23(2,3)22(20)14-18/h5-22,37H,1-4H3;3-22,34H,1-2H3;4-14H,1-3H3,(H,24,25). The molecule has 0 bridgehead atoms. The van der Waals surface area contributed by atoms with Gasteiger partial charge in [-0.05, 0) is 212 Å². The van der Waals surface area contributed by atoms with Gasteiger partial charge in [0, 0.05) is 57.0 Å². The van der Waals surface area contributed by atoms with Gasteiger partial charge in [-0.3, -0.25) is 4.79 Å². The normalized spacial score (nSPS) is 14.3. The van der Waals surface area contributed by atoms with E-state index in [4.69, 9.17) is 0 Å². The van der Waals surface area contributed by atoms with Gasteiger partial charge in [-0.15, -0.1) is 0 Å². The lowest BCUT2D eigenvalue weighted by molar-refractivity contribution is -0.114. The smallest absolute Gasteiger partial charge is 0.221 e. The minimum absolute atomic E-state index is 0.00163. The van der Waals surface area contributed by atoms with E-state index in [1.54, 1.807) is 6.92 Å². The number of carbonyl (C=O) groups excluding carboxylic acids is 1. The molecule has 0 atom stereocenters. The van der Waals surface area contributed by atoms with Crippen LogP contribution < -0.4 is 16.0 Å². The van der Waals surface area contributed by atoms with E-state index in [-0.39, 0.29) is 27.6 Å². The summed E-state index contributed by atoms with van der Waals surface area (Å²) in [5, 5.41) is 10.2. The van der Waals surface area contributed by atoms with Gasteiger partial charge in [-0.2, -0.15) is 0 Å². The number of rotatable bonds is 9. The molecule has 0 aromatic heterocycles. The zero-order valence-electron chi connectivity index (χ0n) is 56.2. The van der Waals surface area contributed by atoms with Crippen LogP contribution in [0, 0.1) is 0 Å². The second-order valence-electron chi connectivity index (χ2n) is 28.3. The molecule has 0 heterocycles. The first kappa shape index (κ1) is 61.1. The molecule has 4 heteroatoms. The third-order valence-electron chi connectivity index (χ3n) is 20.8. The number of anilines is 5. The largest absolute Gasteiger partial charge is 0.356 e. The van der Waals surface area contributed by atoms with E-state index < -0.39 is 0 Å². The van der Waals surface area contributed by atoms with Crippen LogP contribution in [0.25, 0.3) is 89.0 Å². The molecule has 13 aromatic rings. The molecule has 0 fully saturated rings. The van der Waals surface area contributed by atoms with Crippen LogP contribution in [0.4, 0.5) is 28.4 Å². The maximum Gasteiger partial charge on any atom is 0.221 e. The topological polar surface area (TPSA) is 53.2 Å². The number of benzene rings is 13. The number of hydrogen-bond acceptors (Lipinski definition) is 3. The van der Waals surface area contributed by atoms with Gasteiger partial charge in [-0.25, -0.2) is 0 Å². The third kappa shape index (κ3) is 11.0. The summed E-state index contributed by atoms with van der Waals surface area (Å²) in [6.45, 7) is 20.1. The Morgan fingerprint density at radius 2 is 0.469 bits per heavy atom. The summed E-state index contributed by atoms with van der Waals surface area (Å²) in [6, 6.07) is 107. The summed E-state index contributed by atoms with van der Waals surface area (Å²) in [7, 11) is 0.